The van der Waals surface area contributed by atoms with Gasteiger partial charge in [0, 0.05) is 11.6 Å². The second-order valence-electron chi connectivity index (χ2n) is 6.03. The molecule has 0 radical (unpaired) electrons. The van der Waals surface area contributed by atoms with E-state index in [9.17, 15) is 14.4 Å². The number of carbonyl (C=O) groups is 3. The van der Waals surface area contributed by atoms with E-state index >= 15 is 0 Å². The molecule has 0 bridgehead atoms. The third-order valence-corrected chi connectivity index (χ3v) is 4.60. The number of methoxy groups -OCH3 is 1. The number of benzene rings is 1. The Morgan fingerprint density at radius 1 is 1.37 bits per heavy atom. The Morgan fingerprint density at radius 2 is 2.07 bits per heavy atom. The standard InChI is InChI=1S/C19H21NO6S/c1-5-6-13-7-12(8-14(25-4)17(13)26-10-16(21)22)9-15-18(23)20(11(2)3)19(24)27-15/h5,7-9,11H,1,6,10H2,2-4H3,(H,21,22)/b15-9+. The fraction of sp³-hybridized carbons (Fsp3) is 0.316. The van der Waals surface area contributed by atoms with Crippen molar-refractivity contribution in [3.8, 4) is 11.5 Å². The molecule has 0 saturated carbocycles. The highest BCUT2D eigenvalue weighted by molar-refractivity contribution is 8.18. The average Bonchev–Trinajstić information content (AvgIpc) is 2.87. The Balaban J connectivity index is 2.44. The molecule has 1 aliphatic rings. The number of aliphatic carboxylic acids is 1. The van der Waals surface area contributed by atoms with Gasteiger partial charge in [-0.25, -0.2) is 4.79 Å². The predicted molar refractivity (Wildman–Crippen MR) is 103 cm³/mol. The molecule has 1 aliphatic heterocycles. The summed E-state index contributed by atoms with van der Waals surface area (Å²) in [5.74, 6) is -0.791. The van der Waals surface area contributed by atoms with Gasteiger partial charge in [-0.05, 0) is 55.8 Å². The second-order valence-corrected chi connectivity index (χ2v) is 7.03. The normalized spacial score (nSPS) is 15.6. The summed E-state index contributed by atoms with van der Waals surface area (Å²) in [5, 5.41) is 8.55. The summed E-state index contributed by atoms with van der Waals surface area (Å²) in [6, 6.07) is 3.17. The highest BCUT2D eigenvalue weighted by Gasteiger charge is 2.36. The summed E-state index contributed by atoms with van der Waals surface area (Å²) in [4.78, 5) is 36.8. The second kappa shape index (κ2) is 8.77. The van der Waals surface area contributed by atoms with Gasteiger partial charge in [0.15, 0.2) is 18.1 Å². The number of allylic oxidation sites excluding steroid dienone is 1. The molecule has 0 spiro atoms. The lowest BCUT2D eigenvalue weighted by molar-refractivity contribution is -0.139. The number of carboxylic acid groups (broad SMARTS) is 1. The summed E-state index contributed by atoms with van der Waals surface area (Å²) in [7, 11) is 1.44. The molecule has 1 saturated heterocycles. The van der Waals surface area contributed by atoms with Gasteiger partial charge in [0.25, 0.3) is 11.1 Å². The van der Waals surface area contributed by atoms with E-state index in [-0.39, 0.29) is 17.2 Å². The first kappa shape index (κ1) is 20.6. The summed E-state index contributed by atoms with van der Waals surface area (Å²) >= 11 is 0.885. The lowest BCUT2D eigenvalue weighted by atomic mass is 10.0. The topological polar surface area (TPSA) is 93.1 Å². The van der Waals surface area contributed by atoms with Crippen molar-refractivity contribution in [1.29, 1.82) is 0 Å². The molecule has 8 heteroatoms. The largest absolute Gasteiger partial charge is 0.493 e. The number of carboxylic acids is 1. The van der Waals surface area contributed by atoms with Crippen molar-refractivity contribution in [2.45, 2.75) is 26.3 Å². The number of hydrogen-bond acceptors (Lipinski definition) is 6. The van der Waals surface area contributed by atoms with Crippen molar-refractivity contribution < 1.29 is 29.0 Å². The summed E-state index contributed by atoms with van der Waals surface area (Å²) in [6.07, 6.45) is 3.68. The summed E-state index contributed by atoms with van der Waals surface area (Å²) in [6.45, 7) is 6.74. The molecule has 1 fully saturated rings. The Kier molecular flexibility index (Phi) is 6.68. The van der Waals surface area contributed by atoms with Crippen LogP contribution in [0.5, 0.6) is 11.5 Å². The van der Waals surface area contributed by atoms with E-state index in [0.717, 1.165) is 11.8 Å². The van der Waals surface area contributed by atoms with Crippen LogP contribution in [0.25, 0.3) is 6.08 Å². The molecule has 1 heterocycles. The van der Waals surface area contributed by atoms with Crippen LogP contribution in [0.3, 0.4) is 0 Å². The average molecular weight is 391 g/mol. The molecule has 27 heavy (non-hydrogen) atoms. The van der Waals surface area contributed by atoms with Crippen molar-refractivity contribution in [3.63, 3.8) is 0 Å². The van der Waals surface area contributed by atoms with E-state index in [1.165, 1.54) is 12.0 Å². The highest BCUT2D eigenvalue weighted by Crippen LogP contribution is 2.37. The monoisotopic (exact) mass is 391 g/mol. The van der Waals surface area contributed by atoms with Crippen LogP contribution in [0.4, 0.5) is 4.79 Å². The fourth-order valence-corrected chi connectivity index (χ4v) is 3.56. The highest BCUT2D eigenvalue weighted by atomic mass is 32.2. The zero-order valence-corrected chi connectivity index (χ0v) is 16.2. The number of ether oxygens (including phenoxy) is 2. The molecule has 0 aromatic heterocycles. The first-order valence-electron chi connectivity index (χ1n) is 8.22. The molecule has 0 aliphatic carbocycles. The molecular weight excluding hydrogens is 370 g/mol. The van der Waals surface area contributed by atoms with Crippen molar-refractivity contribution in [2.24, 2.45) is 0 Å². The Hall–Kier alpha value is -2.74. The predicted octanol–water partition coefficient (Wildman–Crippen LogP) is 3.33. The maximum Gasteiger partial charge on any atom is 0.341 e. The van der Waals surface area contributed by atoms with Crippen LogP contribution in [0.1, 0.15) is 25.0 Å². The molecule has 0 atom stereocenters. The van der Waals surface area contributed by atoms with Crippen LogP contribution in [-0.4, -0.2) is 46.9 Å². The number of thioether (sulfide) groups is 1. The lowest BCUT2D eigenvalue weighted by Gasteiger charge is -2.16. The third kappa shape index (κ3) is 4.71. The van der Waals surface area contributed by atoms with E-state index in [1.54, 1.807) is 38.1 Å². The SMILES string of the molecule is C=CCc1cc(/C=C2/SC(=O)N(C(C)C)C2=O)cc(OC)c1OCC(=O)O. The van der Waals surface area contributed by atoms with Crippen molar-refractivity contribution >= 4 is 35.0 Å². The fourth-order valence-electron chi connectivity index (χ4n) is 2.60. The van der Waals surface area contributed by atoms with Gasteiger partial charge in [0.1, 0.15) is 0 Å². The molecule has 7 nitrogen and oxygen atoms in total. The first-order chi connectivity index (χ1) is 12.8. The van der Waals surface area contributed by atoms with Crippen LogP contribution >= 0.6 is 11.8 Å². The van der Waals surface area contributed by atoms with E-state index in [4.69, 9.17) is 14.6 Å². The van der Waals surface area contributed by atoms with Crippen molar-refractivity contribution in [2.75, 3.05) is 13.7 Å². The number of carbonyl (C=O) groups excluding carboxylic acids is 2. The summed E-state index contributed by atoms with van der Waals surface area (Å²) < 4.78 is 10.7. The van der Waals surface area contributed by atoms with Gasteiger partial charge >= 0.3 is 5.97 Å². The Morgan fingerprint density at radius 3 is 2.59 bits per heavy atom. The van der Waals surface area contributed by atoms with E-state index in [0.29, 0.717) is 34.0 Å². The molecule has 144 valence electrons. The maximum absolute atomic E-state index is 12.4. The van der Waals surface area contributed by atoms with Gasteiger partial charge < -0.3 is 14.6 Å². The quantitative estimate of drug-likeness (QED) is 0.537. The van der Waals surface area contributed by atoms with E-state index in [1.807, 2.05) is 0 Å². The Labute approximate surface area is 161 Å². The number of amides is 2. The number of imide groups is 1. The minimum absolute atomic E-state index is 0.221. The molecule has 1 aromatic carbocycles. The molecule has 1 N–H and O–H groups in total. The Bertz CT molecular complexity index is 815. The van der Waals surface area contributed by atoms with Crippen molar-refractivity contribution in [3.05, 3.63) is 40.8 Å². The minimum atomic E-state index is -1.10. The smallest absolute Gasteiger partial charge is 0.341 e. The van der Waals surface area contributed by atoms with Crippen LogP contribution in [0.2, 0.25) is 0 Å². The first-order valence-corrected chi connectivity index (χ1v) is 9.03. The van der Waals surface area contributed by atoms with E-state index in [2.05, 4.69) is 6.58 Å². The van der Waals surface area contributed by atoms with Gasteiger partial charge in [-0.3, -0.25) is 14.5 Å². The van der Waals surface area contributed by atoms with Crippen LogP contribution < -0.4 is 9.47 Å². The van der Waals surface area contributed by atoms with E-state index < -0.39 is 12.6 Å². The molecule has 2 rings (SSSR count). The van der Waals surface area contributed by atoms with Crippen LogP contribution in [-0.2, 0) is 16.0 Å². The van der Waals surface area contributed by atoms with Gasteiger partial charge in [-0.15, -0.1) is 6.58 Å². The maximum atomic E-state index is 12.4. The van der Waals surface area contributed by atoms with Gasteiger partial charge in [0.05, 0.1) is 12.0 Å². The zero-order chi connectivity index (χ0) is 20.1. The van der Waals surface area contributed by atoms with Gasteiger partial charge in [-0.2, -0.15) is 0 Å². The zero-order valence-electron chi connectivity index (χ0n) is 15.4. The molecule has 1 aromatic rings. The number of nitrogens with zero attached hydrogens (tertiary/aromatic N) is 1. The molecule has 0 unspecified atom stereocenters. The van der Waals surface area contributed by atoms with Crippen molar-refractivity contribution in [1.82, 2.24) is 4.90 Å². The number of rotatable bonds is 8. The van der Waals surface area contributed by atoms with Crippen LogP contribution in [0.15, 0.2) is 29.7 Å². The molecular formula is C19H21NO6S. The van der Waals surface area contributed by atoms with Gasteiger partial charge in [-0.1, -0.05) is 6.08 Å². The molecule has 2 amide bonds. The third-order valence-electron chi connectivity index (χ3n) is 3.72. The van der Waals surface area contributed by atoms with Crippen LogP contribution in [0, 0.1) is 0 Å². The van der Waals surface area contributed by atoms with Gasteiger partial charge in [0.2, 0.25) is 0 Å². The lowest BCUT2D eigenvalue weighted by Crippen LogP contribution is -2.34. The summed E-state index contributed by atoms with van der Waals surface area (Å²) in [5.41, 5.74) is 1.31. The number of hydrogen-bond donors (Lipinski definition) is 1. The minimum Gasteiger partial charge on any atom is -0.493 e.